The third kappa shape index (κ3) is 8.24. The zero-order chi connectivity index (χ0) is 27.6. The number of thioether (sulfide) groups is 1. The predicted molar refractivity (Wildman–Crippen MR) is 162 cm³/mol. The van der Waals surface area contributed by atoms with Gasteiger partial charge in [-0.15, -0.1) is 0 Å². The summed E-state index contributed by atoms with van der Waals surface area (Å²) in [6.07, 6.45) is 5.47. The van der Waals surface area contributed by atoms with Crippen LogP contribution in [0.25, 0.3) is 0 Å². The maximum atomic E-state index is 12.8. The third-order valence-electron chi connectivity index (χ3n) is 7.08. The van der Waals surface area contributed by atoms with Gasteiger partial charge in [-0.2, -0.15) is 0 Å². The Bertz CT molecular complexity index is 1170. The number of likely N-dealkylation sites (tertiary alicyclic amines) is 1. The Morgan fingerprint density at radius 2 is 1.85 bits per heavy atom. The Hall–Kier alpha value is -2.03. The van der Waals surface area contributed by atoms with Crippen LogP contribution in [0, 0.1) is 0 Å². The first-order valence-electron chi connectivity index (χ1n) is 13.7. The lowest BCUT2D eigenvalue weighted by molar-refractivity contribution is -0.133. The number of rotatable bonds is 12. The number of aliphatic imine (C=N–C) groups is 1. The highest BCUT2D eigenvalue weighted by Gasteiger charge is 2.37. The fraction of sp³-hybridized carbons (Fsp3) is 0.467. The van der Waals surface area contributed by atoms with Gasteiger partial charge >= 0.3 is 5.97 Å². The van der Waals surface area contributed by atoms with Gasteiger partial charge in [-0.3, -0.25) is 0 Å². The molecule has 1 N–H and O–H groups in total. The van der Waals surface area contributed by atoms with Crippen molar-refractivity contribution in [3.8, 4) is 0 Å². The minimum atomic E-state index is -1.00. The summed E-state index contributed by atoms with van der Waals surface area (Å²) in [6, 6.07) is 15.1. The van der Waals surface area contributed by atoms with Gasteiger partial charge in [0.25, 0.3) is 0 Å². The van der Waals surface area contributed by atoms with Crippen LogP contribution < -0.4 is 0 Å². The Balaban J connectivity index is 1.61. The first kappa shape index (κ1) is 29.9. The molecule has 0 radical (unpaired) electrons. The van der Waals surface area contributed by atoms with Crippen LogP contribution in [0.1, 0.15) is 49.8 Å². The van der Waals surface area contributed by atoms with Crippen LogP contribution in [0.15, 0.2) is 64.8 Å². The monoisotopic (exact) mass is 589 g/mol. The van der Waals surface area contributed by atoms with Crippen molar-refractivity contribution in [3.63, 3.8) is 0 Å². The van der Waals surface area contributed by atoms with Gasteiger partial charge in [0.15, 0.2) is 5.17 Å². The lowest BCUT2D eigenvalue weighted by Gasteiger charge is -2.38. The van der Waals surface area contributed by atoms with Crippen molar-refractivity contribution < 1.29 is 14.6 Å². The van der Waals surface area contributed by atoms with Crippen molar-refractivity contribution >= 4 is 46.1 Å². The highest BCUT2D eigenvalue weighted by Crippen LogP contribution is 2.39. The molecule has 0 aromatic heterocycles. The normalized spacial score (nSPS) is 18.4. The molecule has 2 aliphatic rings. The van der Waals surface area contributed by atoms with E-state index in [2.05, 4.69) is 28.9 Å². The van der Waals surface area contributed by atoms with Crippen LogP contribution in [0.4, 0.5) is 0 Å². The fourth-order valence-electron chi connectivity index (χ4n) is 5.16. The number of piperidine rings is 1. The minimum absolute atomic E-state index is 0.152. The molecule has 2 heterocycles. The van der Waals surface area contributed by atoms with E-state index >= 15 is 0 Å². The topological polar surface area (TPSA) is 65.4 Å². The van der Waals surface area contributed by atoms with Crippen LogP contribution >= 0.6 is 35.0 Å². The first-order chi connectivity index (χ1) is 19.0. The number of carboxylic acid groups (broad SMARTS) is 1. The van der Waals surface area contributed by atoms with Gasteiger partial charge in [0.1, 0.15) is 0 Å². The molecule has 39 heavy (non-hydrogen) atoms. The van der Waals surface area contributed by atoms with E-state index in [1.54, 1.807) is 23.9 Å². The predicted octanol–water partition coefficient (Wildman–Crippen LogP) is 6.93. The van der Waals surface area contributed by atoms with Crippen molar-refractivity contribution in [3.05, 3.63) is 81.0 Å². The summed E-state index contributed by atoms with van der Waals surface area (Å²) in [4.78, 5) is 22.2. The summed E-state index contributed by atoms with van der Waals surface area (Å²) >= 11 is 14.3. The van der Waals surface area contributed by atoms with Crippen molar-refractivity contribution in [2.75, 3.05) is 45.1 Å². The number of benzene rings is 2. The molecule has 1 unspecified atom stereocenters. The van der Waals surface area contributed by atoms with E-state index in [4.69, 9.17) is 32.9 Å². The zero-order valence-electron chi connectivity index (χ0n) is 22.5. The van der Waals surface area contributed by atoms with Crippen LogP contribution in [0.3, 0.4) is 0 Å². The molecule has 1 saturated heterocycles. The maximum Gasteiger partial charge on any atom is 0.336 e. The van der Waals surface area contributed by atoms with Gasteiger partial charge in [-0.25, -0.2) is 9.79 Å². The second kappa shape index (κ2) is 15.1. The van der Waals surface area contributed by atoms with Gasteiger partial charge in [0, 0.05) is 13.1 Å². The van der Waals surface area contributed by atoms with E-state index in [1.807, 2.05) is 24.3 Å². The van der Waals surface area contributed by atoms with E-state index in [-0.39, 0.29) is 12.2 Å². The number of halogens is 2. The number of ether oxygens (including phenoxy) is 1. The number of aliphatic carboxylic acids is 1. The summed E-state index contributed by atoms with van der Waals surface area (Å²) in [7, 11) is 0. The quantitative estimate of drug-likeness (QED) is 0.271. The Morgan fingerprint density at radius 3 is 2.54 bits per heavy atom. The number of aryl methyl sites for hydroxylation is 1. The van der Waals surface area contributed by atoms with Crippen LogP contribution in [-0.2, 0) is 16.0 Å². The molecule has 0 spiro atoms. The van der Waals surface area contributed by atoms with Crippen molar-refractivity contribution in [2.24, 2.45) is 4.99 Å². The van der Waals surface area contributed by atoms with Gasteiger partial charge in [-0.1, -0.05) is 84.7 Å². The molecule has 6 nitrogen and oxygen atoms in total. The molecule has 9 heteroatoms. The summed E-state index contributed by atoms with van der Waals surface area (Å²) in [5.74, 6) is -0.189. The highest BCUT2D eigenvalue weighted by atomic mass is 35.5. The van der Waals surface area contributed by atoms with E-state index in [0.717, 1.165) is 49.0 Å². The van der Waals surface area contributed by atoms with Crippen molar-refractivity contribution in [2.45, 2.75) is 45.1 Å². The van der Waals surface area contributed by atoms with E-state index in [1.165, 1.54) is 24.8 Å². The van der Waals surface area contributed by atoms with Crippen LogP contribution in [0.5, 0.6) is 0 Å². The van der Waals surface area contributed by atoms with E-state index in [9.17, 15) is 9.90 Å². The fourth-order valence-corrected chi connectivity index (χ4v) is 6.26. The SMILES string of the molecule is CCSC1=NC(COCCN2CCCCC2)=C(C(=O)O)C(c2ccc(Cl)c(Cl)c2)N1CCCc1ccccc1. The maximum absolute atomic E-state index is 12.8. The second-order valence-electron chi connectivity index (χ2n) is 9.81. The van der Waals surface area contributed by atoms with E-state index < -0.39 is 12.0 Å². The molecule has 0 saturated carbocycles. The minimum Gasteiger partial charge on any atom is -0.478 e. The van der Waals surface area contributed by atoms with E-state index in [0.29, 0.717) is 28.9 Å². The molecule has 0 amide bonds. The smallest absolute Gasteiger partial charge is 0.336 e. The number of hydrogen-bond donors (Lipinski definition) is 1. The van der Waals surface area contributed by atoms with Gasteiger partial charge in [0.2, 0.25) is 0 Å². The van der Waals surface area contributed by atoms with Gasteiger partial charge in [0.05, 0.1) is 40.6 Å². The summed E-state index contributed by atoms with van der Waals surface area (Å²) in [6.45, 7) is 6.45. The molecule has 2 aliphatic heterocycles. The summed E-state index contributed by atoms with van der Waals surface area (Å²) in [5.41, 5.74) is 2.72. The number of amidine groups is 1. The number of carboxylic acids is 1. The molecular weight excluding hydrogens is 553 g/mol. The van der Waals surface area contributed by atoms with Crippen LogP contribution in [0.2, 0.25) is 10.0 Å². The molecule has 210 valence electrons. The molecule has 2 aromatic carbocycles. The molecule has 2 aromatic rings. The summed E-state index contributed by atoms with van der Waals surface area (Å²) in [5, 5.41) is 12.1. The average Bonchev–Trinajstić information content (AvgIpc) is 2.94. The molecule has 0 bridgehead atoms. The highest BCUT2D eigenvalue weighted by molar-refractivity contribution is 8.13. The average molecular weight is 591 g/mol. The van der Waals surface area contributed by atoms with Gasteiger partial charge < -0.3 is 19.6 Å². The second-order valence-corrected chi connectivity index (χ2v) is 11.9. The Morgan fingerprint density at radius 1 is 1.08 bits per heavy atom. The third-order valence-corrected chi connectivity index (χ3v) is 8.69. The summed E-state index contributed by atoms with van der Waals surface area (Å²) < 4.78 is 6.04. The van der Waals surface area contributed by atoms with Crippen molar-refractivity contribution in [1.29, 1.82) is 0 Å². The largest absolute Gasteiger partial charge is 0.478 e. The standard InChI is InChI=1S/C30H37Cl2N3O3S/c1-2-39-30-33-26(21-38-19-18-34-15-7-4-8-16-34)27(29(36)37)28(23-13-14-24(31)25(32)20-23)35(30)17-9-12-22-10-5-3-6-11-22/h3,5-6,10-11,13-14,20,28H,2,4,7-9,12,15-19,21H2,1H3,(H,36,37). The molecule has 4 rings (SSSR count). The van der Waals surface area contributed by atoms with Gasteiger partial charge in [-0.05, 0) is 67.8 Å². The lowest BCUT2D eigenvalue weighted by Crippen LogP contribution is -2.40. The molecular formula is C30H37Cl2N3O3S. The first-order valence-corrected chi connectivity index (χ1v) is 15.5. The van der Waals surface area contributed by atoms with Crippen LogP contribution in [-0.4, -0.2) is 71.2 Å². The Kier molecular flexibility index (Phi) is 11.6. The number of carbonyl (C=O) groups is 1. The van der Waals surface area contributed by atoms with Crippen molar-refractivity contribution in [1.82, 2.24) is 9.80 Å². The number of nitrogens with zero attached hydrogens (tertiary/aromatic N) is 3. The molecule has 1 atom stereocenters. The molecule has 1 fully saturated rings. The lowest BCUT2D eigenvalue weighted by atomic mass is 9.94. The zero-order valence-corrected chi connectivity index (χ0v) is 24.8. The Labute approximate surface area is 246 Å². The molecule has 0 aliphatic carbocycles. The number of hydrogen-bond acceptors (Lipinski definition) is 6.